The standard InChI is InChI=1S/C8H6O4.C6H12/c9-7(10)5-2-1-3-6(4-5)8(11)12;1-2-4-6-5-3-1/h1-4H,(H,9,10)(H,11,12);1-6H2. The van der Waals surface area contributed by atoms with Gasteiger partial charge in [-0.1, -0.05) is 44.6 Å². The highest BCUT2D eigenvalue weighted by Gasteiger charge is 2.06. The summed E-state index contributed by atoms with van der Waals surface area (Å²) in [5, 5.41) is 17.0. The summed E-state index contributed by atoms with van der Waals surface area (Å²) in [4.78, 5) is 20.8. The van der Waals surface area contributed by atoms with Gasteiger partial charge >= 0.3 is 11.9 Å². The second-order valence-corrected chi connectivity index (χ2v) is 4.31. The van der Waals surface area contributed by atoms with E-state index in [9.17, 15) is 9.59 Å². The summed E-state index contributed by atoms with van der Waals surface area (Å²) in [6.07, 6.45) is 9.00. The van der Waals surface area contributed by atoms with Crippen LogP contribution < -0.4 is 0 Å². The van der Waals surface area contributed by atoms with Gasteiger partial charge in [-0.25, -0.2) is 9.59 Å². The molecule has 0 saturated heterocycles. The van der Waals surface area contributed by atoms with Gasteiger partial charge in [-0.2, -0.15) is 0 Å². The number of rotatable bonds is 2. The molecule has 0 bridgehead atoms. The van der Waals surface area contributed by atoms with Gasteiger partial charge in [0.1, 0.15) is 0 Å². The molecule has 0 unspecified atom stereocenters. The molecule has 1 aliphatic rings. The number of hydrogen-bond acceptors (Lipinski definition) is 2. The SMILES string of the molecule is C1CCCCC1.O=C(O)c1cccc(C(=O)O)c1. The van der Waals surface area contributed by atoms with Gasteiger partial charge in [-0.05, 0) is 18.2 Å². The van der Waals surface area contributed by atoms with Crippen LogP contribution in [0.15, 0.2) is 24.3 Å². The van der Waals surface area contributed by atoms with E-state index in [0.717, 1.165) is 6.07 Å². The lowest BCUT2D eigenvalue weighted by Crippen LogP contribution is -2.01. The molecule has 1 aliphatic carbocycles. The number of carboxylic acid groups (broad SMARTS) is 2. The van der Waals surface area contributed by atoms with Gasteiger partial charge in [0.2, 0.25) is 0 Å². The van der Waals surface area contributed by atoms with Crippen molar-refractivity contribution in [2.45, 2.75) is 38.5 Å². The molecule has 0 radical (unpaired) electrons. The van der Waals surface area contributed by atoms with Crippen molar-refractivity contribution in [3.05, 3.63) is 35.4 Å². The van der Waals surface area contributed by atoms with Crippen molar-refractivity contribution in [1.82, 2.24) is 0 Å². The van der Waals surface area contributed by atoms with E-state index in [4.69, 9.17) is 10.2 Å². The minimum absolute atomic E-state index is 0.0186. The molecule has 0 aromatic heterocycles. The third kappa shape index (κ3) is 4.99. The monoisotopic (exact) mass is 250 g/mol. The van der Waals surface area contributed by atoms with E-state index in [1.165, 1.54) is 56.7 Å². The second kappa shape index (κ2) is 7.48. The fourth-order valence-corrected chi connectivity index (χ4v) is 1.85. The van der Waals surface area contributed by atoms with Gasteiger partial charge in [0, 0.05) is 0 Å². The van der Waals surface area contributed by atoms with Crippen molar-refractivity contribution in [2.24, 2.45) is 0 Å². The Morgan fingerprint density at radius 2 is 1.11 bits per heavy atom. The molecule has 18 heavy (non-hydrogen) atoms. The smallest absolute Gasteiger partial charge is 0.335 e. The quantitative estimate of drug-likeness (QED) is 0.843. The maximum absolute atomic E-state index is 10.4. The molecule has 1 saturated carbocycles. The Morgan fingerprint density at radius 3 is 1.39 bits per heavy atom. The minimum atomic E-state index is -1.13. The van der Waals surface area contributed by atoms with E-state index in [0.29, 0.717) is 0 Å². The number of carboxylic acids is 2. The van der Waals surface area contributed by atoms with Gasteiger partial charge in [-0.15, -0.1) is 0 Å². The summed E-state index contributed by atoms with van der Waals surface area (Å²) < 4.78 is 0. The summed E-state index contributed by atoms with van der Waals surface area (Å²) in [5.41, 5.74) is -0.0372. The highest BCUT2D eigenvalue weighted by molar-refractivity contribution is 5.93. The summed E-state index contributed by atoms with van der Waals surface area (Å²) in [6.45, 7) is 0. The highest BCUT2D eigenvalue weighted by atomic mass is 16.4. The molecule has 2 N–H and O–H groups in total. The van der Waals surface area contributed by atoms with Crippen molar-refractivity contribution in [3.63, 3.8) is 0 Å². The molecule has 1 fully saturated rings. The van der Waals surface area contributed by atoms with Crippen molar-refractivity contribution < 1.29 is 19.8 Å². The molecular weight excluding hydrogens is 232 g/mol. The number of hydrogen-bond donors (Lipinski definition) is 2. The van der Waals surface area contributed by atoms with E-state index in [1.807, 2.05) is 0 Å². The predicted octanol–water partition coefficient (Wildman–Crippen LogP) is 3.42. The first-order chi connectivity index (χ1) is 8.61. The van der Waals surface area contributed by atoms with Gasteiger partial charge < -0.3 is 10.2 Å². The van der Waals surface area contributed by atoms with Crippen molar-refractivity contribution >= 4 is 11.9 Å². The van der Waals surface area contributed by atoms with Crippen LogP contribution in [0.1, 0.15) is 59.2 Å². The lowest BCUT2D eigenvalue weighted by atomic mass is 10.0. The van der Waals surface area contributed by atoms with Gasteiger partial charge in [-0.3, -0.25) is 0 Å². The zero-order valence-electron chi connectivity index (χ0n) is 10.3. The first-order valence-corrected chi connectivity index (χ1v) is 6.18. The fraction of sp³-hybridized carbons (Fsp3) is 0.429. The zero-order valence-corrected chi connectivity index (χ0v) is 10.3. The first-order valence-electron chi connectivity index (χ1n) is 6.18. The molecule has 0 spiro atoms. The molecule has 98 valence electrons. The predicted molar refractivity (Wildman–Crippen MR) is 68.1 cm³/mol. The van der Waals surface area contributed by atoms with Gasteiger partial charge in [0.05, 0.1) is 11.1 Å². The van der Waals surface area contributed by atoms with Crippen LogP contribution in [-0.2, 0) is 0 Å². The molecule has 4 nitrogen and oxygen atoms in total. The largest absolute Gasteiger partial charge is 0.478 e. The van der Waals surface area contributed by atoms with Crippen molar-refractivity contribution in [1.29, 1.82) is 0 Å². The van der Waals surface area contributed by atoms with Crippen LogP contribution >= 0.6 is 0 Å². The molecular formula is C14H18O4. The third-order valence-corrected chi connectivity index (χ3v) is 2.86. The molecule has 1 aromatic rings. The Labute approximate surface area is 106 Å². The fourth-order valence-electron chi connectivity index (χ4n) is 1.85. The maximum atomic E-state index is 10.4. The Kier molecular flexibility index (Phi) is 5.91. The summed E-state index contributed by atoms with van der Waals surface area (Å²) >= 11 is 0. The number of carbonyl (C=O) groups is 2. The Hall–Kier alpha value is -1.84. The lowest BCUT2D eigenvalue weighted by Gasteiger charge is -2.05. The normalized spacial score (nSPS) is 14.2. The van der Waals surface area contributed by atoms with E-state index in [1.54, 1.807) is 0 Å². The average molecular weight is 250 g/mol. The minimum Gasteiger partial charge on any atom is -0.478 e. The van der Waals surface area contributed by atoms with Crippen LogP contribution in [0.4, 0.5) is 0 Å². The molecule has 0 amide bonds. The summed E-state index contributed by atoms with van der Waals surface area (Å²) in [5.74, 6) is -2.25. The van der Waals surface area contributed by atoms with Crippen LogP contribution in [0.2, 0.25) is 0 Å². The van der Waals surface area contributed by atoms with Crippen LogP contribution in [-0.4, -0.2) is 22.2 Å². The first kappa shape index (κ1) is 14.2. The lowest BCUT2D eigenvalue weighted by molar-refractivity contribution is 0.0696. The molecule has 1 aromatic carbocycles. The van der Waals surface area contributed by atoms with Crippen LogP contribution in [0.25, 0.3) is 0 Å². The zero-order chi connectivity index (χ0) is 13.4. The molecule has 0 atom stereocenters. The van der Waals surface area contributed by atoms with Crippen LogP contribution in [0, 0.1) is 0 Å². The summed E-state index contributed by atoms with van der Waals surface area (Å²) in [7, 11) is 0. The molecule has 4 heteroatoms. The van der Waals surface area contributed by atoms with Gasteiger partial charge in [0.15, 0.2) is 0 Å². The van der Waals surface area contributed by atoms with Crippen molar-refractivity contribution in [2.75, 3.05) is 0 Å². The van der Waals surface area contributed by atoms with Crippen molar-refractivity contribution in [3.8, 4) is 0 Å². The Bertz CT molecular complexity index is 367. The maximum Gasteiger partial charge on any atom is 0.335 e. The van der Waals surface area contributed by atoms with Gasteiger partial charge in [0.25, 0.3) is 0 Å². The molecule has 0 heterocycles. The van der Waals surface area contributed by atoms with Crippen LogP contribution in [0.5, 0.6) is 0 Å². The third-order valence-electron chi connectivity index (χ3n) is 2.86. The Balaban J connectivity index is 0.000000225. The second-order valence-electron chi connectivity index (χ2n) is 4.31. The summed E-state index contributed by atoms with van der Waals surface area (Å²) in [6, 6.07) is 5.20. The van der Waals surface area contributed by atoms with E-state index >= 15 is 0 Å². The molecule has 0 aliphatic heterocycles. The number of aromatic carboxylic acids is 2. The average Bonchev–Trinajstić information content (AvgIpc) is 2.41. The topological polar surface area (TPSA) is 74.6 Å². The molecule has 2 rings (SSSR count). The highest BCUT2D eigenvalue weighted by Crippen LogP contribution is 2.15. The van der Waals surface area contributed by atoms with E-state index < -0.39 is 11.9 Å². The Morgan fingerprint density at radius 1 is 0.778 bits per heavy atom. The van der Waals surface area contributed by atoms with E-state index in [-0.39, 0.29) is 11.1 Å². The van der Waals surface area contributed by atoms with Crippen LogP contribution in [0.3, 0.4) is 0 Å². The van der Waals surface area contributed by atoms with E-state index in [2.05, 4.69) is 0 Å². The number of benzene rings is 1.